The van der Waals surface area contributed by atoms with Crippen LogP contribution in [-0.4, -0.2) is 30.3 Å². The Labute approximate surface area is 138 Å². The highest BCUT2D eigenvalue weighted by molar-refractivity contribution is 7.89. The minimum Gasteiger partial charge on any atom is -0.471 e. The van der Waals surface area contributed by atoms with E-state index in [4.69, 9.17) is 0 Å². The molecule has 0 saturated carbocycles. The maximum atomic E-state index is 11.7. The zero-order valence-corrected chi connectivity index (χ0v) is 14.5. The van der Waals surface area contributed by atoms with E-state index in [-0.39, 0.29) is 9.79 Å². The van der Waals surface area contributed by atoms with Crippen LogP contribution in [0.3, 0.4) is 0 Å². The van der Waals surface area contributed by atoms with Gasteiger partial charge in [-0.25, -0.2) is 16.8 Å². The third-order valence-corrected chi connectivity index (χ3v) is 5.95. The number of furan rings is 2. The van der Waals surface area contributed by atoms with Crippen LogP contribution < -0.4 is 9.44 Å². The summed E-state index contributed by atoms with van der Waals surface area (Å²) in [5, 5.41) is 0. The lowest BCUT2D eigenvalue weighted by molar-refractivity contribution is 0.221. The second-order valence-corrected chi connectivity index (χ2v) is 8.65. The lowest BCUT2D eigenvalue weighted by atomic mass is 10.7. The highest BCUT2D eigenvalue weighted by atomic mass is 32.2. The van der Waals surface area contributed by atoms with Gasteiger partial charge in [-0.1, -0.05) is 0 Å². The average molecular weight is 400 g/mol. The van der Waals surface area contributed by atoms with Crippen molar-refractivity contribution < 1.29 is 39.3 Å². The smallest absolute Gasteiger partial charge is 0.321 e. The summed E-state index contributed by atoms with van der Waals surface area (Å²) in [5.41, 5.74) is 0. The molecule has 0 spiro atoms. The van der Waals surface area contributed by atoms with Gasteiger partial charge in [0.2, 0.25) is 20.0 Å². The molecule has 0 aliphatic heterocycles. The molecular formula is C10H13N2O9PS2. The summed E-state index contributed by atoms with van der Waals surface area (Å²) < 4.78 is 80.6. The molecule has 0 bridgehead atoms. The van der Waals surface area contributed by atoms with Crippen LogP contribution in [-0.2, 0) is 33.7 Å². The van der Waals surface area contributed by atoms with E-state index in [0.717, 1.165) is 12.5 Å². The Hall–Kier alpha value is -1.47. The van der Waals surface area contributed by atoms with Gasteiger partial charge in [0.1, 0.15) is 35.8 Å². The van der Waals surface area contributed by atoms with Crippen LogP contribution in [0.1, 0.15) is 0 Å². The first kappa shape index (κ1) is 18.9. The van der Waals surface area contributed by atoms with Crippen molar-refractivity contribution in [3.8, 4) is 0 Å². The highest BCUT2D eigenvalue weighted by Crippen LogP contribution is 2.22. The van der Waals surface area contributed by atoms with E-state index in [0.29, 0.717) is 0 Å². The molecule has 2 N–H and O–H groups in total. The molecule has 2 aromatic rings. The Kier molecular flexibility index (Phi) is 6.34. The molecule has 0 radical (unpaired) electrons. The van der Waals surface area contributed by atoms with Crippen LogP contribution in [0.25, 0.3) is 0 Å². The summed E-state index contributed by atoms with van der Waals surface area (Å²) in [6.45, 7) is -1.25. The van der Waals surface area contributed by atoms with Crippen molar-refractivity contribution in [3.05, 3.63) is 37.2 Å². The van der Waals surface area contributed by atoms with E-state index in [2.05, 4.69) is 17.9 Å². The SMILES string of the molecule is O=[PH](OCNS(=O)(=O)c1ccoc1)OCNS(=O)(=O)c1ccoc1. The van der Waals surface area contributed by atoms with Gasteiger partial charge >= 0.3 is 8.25 Å². The molecule has 11 nitrogen and oxygen atoms in total. The van der Waals surface area contributed by atoms with Gasteiger partial charge in [-0.3, -0.25) is 13.6 Å². The lowest BCUT2D eigenvalue weighted by Crippen LogP contribution is -2.26. The van der Waals surface area contributed by atoms with Crippen molar-refractivity contribution in [1.82, 2.24) is 9.44 Å². The fourth-order valence-corrected chi connectivity index (χ4v) is 3.62. The van der Waals surface area contributed by atoms with Gasteiger partial charge in [0, 0.05) is 0 Å². The van der Waals surface area contributed by atoms with Crippen LogP contribution in [0.5, 0.6) is 0 Å². The van der Waals surface area contributed by atoms with E-state index in [1.54, 1.807) is 0 Å². The van der Waals surface area contributed by atoms with Crippen molar-refractivity contribution in [2.45, 2.75) is 9.79 Å². The number of nitrogens with one attached hydrogen (secondary N) is 2. The number of hydrogen-bond donors (Lipinski definition) is 2. The quantitative estimate of drug-likeness (QED) is 0.428. The number of sulfonamides is 2. The van der Waals surface area contributed by atoms with Crippen molar-refractivity contribution in [2.75, 3.05) is 13.5 Å². The minimum atomic E-state index is -3.85. The van der Waals surface area contributed by atoms with Gasteiger partial charge < -0.3 is 8.83 Å². The molecule has 2 heterocycles. The predicted octanol–water partition coefficient (Wildman–Crippen LogP) is 0.467. The van der Waals surface area contributed by atoms with E-state index >= 15 is 0 Å². The molecule has 0 fully saturated rings. The van der Waals surface area contributed by atoms with Gasteiger partial charge in [-0.2, -0.15) is 9.44 Å². The first-order valence-corrected chi connectivity index (χ1v) is 10.3. The van der Waals surface area contributed by atoms with Crippen LogP contribution in [0.15, 0.2) is 55.8 Å². The van der Waals surface area contributed by atoms with Gasteiger partial charge in [-0.05, 0) is 12.1 Å². The fourth-order valence-electron chi connectivity index (χ4n) is 1.35. The predicted molar refractivity (Wildman–Crippen MR) is 79.0 cm³/mol. The van der Waals surface area contributed by atoms with Gasteiger partial charge in [0.25, 0.3) is 0 Å². The zero-order valence-electron chi connectivity index (χ0n) is 11.9. The maximum absolute atomic E-state index is 11.7. The molecule has 0 saturated heterocycles. The summed E-state index contributed by atoms with van der Waals surface area (Å²) in [7, 11) is -10.8. The second-order valence-electron chi connectivity index (χ2n) is 4.04. The second kappa shape index (κ2) is 8.07. The third-order valence-electron chi connectivity index (χ3n) is 2.49. The zero-order chi connectivity index (χ0) is 17.6. The van der Waals surface area contributed by atoms with Crippen molar-refractivity contribution in [2.24, 2.45) is 0 Å². The Bertz CT molecular complexity index is 787. The Morgan fingerprint density at radius 3 is 1.62 bits per heavy atom. The molecule has 134 valence electrons. The molecule has 0 amide bonds. The lowest BCUT2D eigenvalue weighted by Gasteiger charge is -2.08. The first-order chi connectivity index (χ1) is 11.3. The molecule has 0 aliphatic carbocycles. The Morgan fingerprint density at radius 1 is 0.875 bits per heavy atom. The van der Waals surface area contributed by atoms with Crippen LogP contribution in [0.2, 0.25) is 0 Å². The molecule has 2 rings (SSSR count). The first-order valence-electron chi connectivity index (χ1n) is 6.14. The van der Waals surface area contributed by atoms with Crippen molar-refractivity contribution >= 4 is 28.3 Å². The van der Waals surface area contributed by atoms with Gasteiger partial charge in [0.05, 0.1) is 12.5 Å². The molecule has 14 heteroatoms. The fraction of sp³-hybridized carbons (Fsp3) is 0.200. The molecule has 24 heavy (non-hydrogen) atoms. The molecule has 0 aromatic carbocycles. The Morgan fingerprint density at radius 2 is 1.29 bits per heavy atom. The van der Waals surface area contributed by atoms with E-state index in [9.17, 15) is 21.4 Å². The molecule has 0 atom stereocenters. The van der Waals surface area contributed by atoms with Gasteiger partial charge in [-0.15, -0.1) is 0 Å². The molecule has 0 aliphatic rings. The van der Waals surface area contributed by atoms with Gasteiger partial charge in [0.15, 0.2) is 0 Å². The molecular weight excluding hydrogens is 387 g/mol. The largest absolute Gasteiger partial charge is 0.471 e. The summed E-state index contributed by atoms with van der Waals surface area (Å²) >= 11 is 0. The summed E-state index contributed by atoms with van der Waals surface area (Å²) in [6, 6.07) is 2.43. The van der Waals surface area contributed by atoms with Crippen LogP contribution in [0.4, 0.5) is 0 Å². The monoisotopic (exact) mass is 400 g/mol. The van der Waals surface area contributed by atoms with Crippen LogP contribution >= 0.6 is 8.25 Å². The number of rotatable bonds is 10. The van der Waals surface area contributed by atoms with E-state index in [1.807, 2.05) is 9.44 Å². The Balaban J connectivity index is 1.71. The van der Waals surface area contributed by atoms with Crippen LogP contribution in [0, 0.1) is 0 Å². The van der Waals surface area contributed by atoms with E-state index in [1.165, 1.54) is 24.7 Å². The van der Waals surface area contributed by atoms with Crippen molar-refractivity contribution in [3.63, 3.8) is 0 Å². The average Bonchev–Trinajstić information content (AvgIpc) is 3.21. The van der Waals surface area contributed by atoms with Crippen molar-refractivity contribution in [1.29, 1.82) is 0 Å². The summed E-state index contributed by atoms with van der Waals surface area (Å²) in [4.78, 5) is -0.251. The normalized spacial score (nSPS) is 12.7. The number of hydrogen-bond acceptors (Lipinski definition) is 9. The third kappa shape index (κ3) is 5.27. The summed E-state index contributed by atoms with van der Waals surface area (Å²) in [5.74, 6) is 0. The van der Waals surface area contributed by atoms with E-state index < -0.39 is 41.8 Å². The highest BCUT2D eigenvalue weighted by Gasteiger charge is 2.17. The molecule has 0 unspecified atom stereocenters. The standard InChI is InChI=1S/C10H13N2O9PS2/c13-22(20-7-11-23(14,15)9-1-3-18-5-9)21-8-12-24(16,17)10-2-4-19-6-10/h1-6,11-12,22H,7-8H2. The summed E-state index contributed by atoms with van der Waals surface area (Å²) in [6.07, 6.45) is 4.36. The molecule has 2 aromatic heterocycles. The topological polar surface area (TPSA) is 154 Å². The minimum absolute atomic E-state index is 0.125. The maximum Gasteiger partial charge on any atom is 0.321 e.